The Labute approximate surface area is 800 Å². The van der Waals surface area contributed by atoms with E-state index in [1.54, 1.807) is 0 Å². The molecule has 0 spiro atoms. The minimum Gasteiger partial charge on any atom is -0.735 e. The van der Waals surface area contributed by atoms with E-state index >= 15 is 0 Å². The number of carboxylic acids is 2. The van der Waals surface area contributed by atoms with Gasteiger partial charge < -0.3 is 134 Å². The second-order valence-corrected chi connectivity index (χ2v) is 27.8. The summed E-state index contributed by atoms with van der Waals surface area (Å²) < 4.78 is 360. The number of aliphatic hydroxyl groups is 6. The molecule has 102 heavy (non-hydrogen) atoms. The van der Waals surface area contributed by atoms with Crippen LogP contribution in [0.15, 0.2) is 0 Å². The number of likely N-dealkylation sites (N-methyl/N-ethyl adjacent to an activating group) is 1. The summed E-state index contributed by atoms with van der Waals surface area (Å²) >= 11 is 0. The molecule has 5 rings (SSSR count). The molecule has 25 atom stereocenters. The van der Waals surface area contributed by atoms with E-state index in [4.69, 9.17) is 47.4 Å². The van der Waals surface area contributed by atoms with Crippen LogP contribution < -0.4 is 315 Å². The first-order chi connectivity index (χ1) is 41.6. The third kappa shape index (κ3) is 36.9. The standard InChI is InChI=1S/C32H55N3O49S8.10Na/c1-35(87(52,53)54)11-14(38)18(7(76-30(11)70-2)4-72-89(58,59)60)77-32-23(84-92(67,68)69)17(41)22(25(82-32)27(44)45)80-29-10(34-86(49,50)51)20(83-91(64,65)66)19(8(75-29)5-73-90(61,62)63)78-31-16(40)15(39)21(24(81-31)26(42)43)79-28-9(33-85(46,47)48)13(37)12(36)6(74-28)3-71-88(55,56)57;;;;;;;;;;/h6-25,28-34,36-41H,3-5H2,1-2H3,(H,42,43)(H,44,45)(H,46,47,48)(H,49,50,51)(H,52,53,54)(H,55,56,57)(H,58,59,60)(H,61,62,63)(H,64,65,66)(H,67,68,69);;;;;;;;;;/q;10*+1/p-10/t6-,7-,8-,9-,10-,11-,12-,13-,14-,15-,16-,17+,18-,19-,20-,21+,22+,23-,24+,25-,28-,29+,30+,31-,32-;;;;;;;;;;/m1........../s1. The fourth-order valence-electron chi connectivity index (χ4n) is 9.15. The van der Waals surface area contributed by atoms with Gasteiger partial charge in [0, 0.05) is 14.2 Å². The third-order valence-electron chi connectivity index (χ3n) is 12.8. The second kappa shape index (κ2) is 49.1. The van der Waals surface area contributed by atoms with Crippen molar-refractivity contribution in [3.8, 4) is 0 Å². The molecule has 0 radical (unpaired) electrons. The van der Waals surface area contributed by atoms with E-state index < -0.39 is 268 Å². The Morgan fingerprint density at radius 3 is 1.12 bits per heavy atom. The number of nitrogens with one attached hydrogen (secondary N) is 2. The van der Waals surface area contributed by atoms with Gasteiger partial charge in [-0.25, -0.2) is 81.1 Å². The molecule has 5 saturated heterocycles. The Bertz CT molecular complexity index is 3570. The molecule has 8 N–H and O–H groups in total. The van der Waals surface area contributed by atoms with Gasteiger partial charge in [0.25, 0.3) is 0 Å². The molecule has 540 valence electrons. The molecule has 5 aliphatic rings. The van der Waals surface area contributed by atoms with Crippen LogP contribution in [0.3, 0.4) is 0 Å². The number of carboxylic acid groups (broad SMARTS) is 2. The van der Waals surface area contributed by atoms with Crippen molar-refractivity contribution in [3.63, 3.8) is 0 Å². The minimum absolute atomic E-state index is 0. The SMILES string of the molecule is CO[C@H]1O[C@H](COS(=O)(=O)[O-])[C@@H](O[C@@H]2O[C@@H](C(=O)[O-])[C@@H](O[C@@H]3O[C@H](COS(=O)(=O)[O-])[C@@H](O[C@@H]4O[C@H](C(=O)[O-])[C@@H](O[C@H]5O[C@H](COS(=O)(=O)[O-])[C@@H](O)[C@H](O)[C@H]5NS(=O)(=O)[O-])[C@H](O)[C@H]4O)[C@H](OS(=O)(=O)[O-])[C@H]3NS(=O)(=O)[O-])[C@H](O)[C@H]2OS(=O)(=O)[O-])[C@H](O)[C@H]1N(C)S(=O)(=O)[O-].[Na+].[Na+].[Na+].[Na+].[Na+].[Na+].[Na+].[Na+].[Na+].[Na+]. The van der Waals surface area contributed by atoms with Crippen LogP contribution in [0.5, 0.6) is 0 Å². The zero-order chi connectivity index (χ0) is 70.3. The van der Waals surface area contributed by atoms with E-state index in [-0.39, 0.29) is 300 Å². The monoisotopic (exact) mass is 1740 g/mol. The van der Waals surface area contributed by atoms with Crippen molar-refractivity contribution in [3.05, 3.63) is 0 Å². The van der Waals surface area contributed by atoms with Gasteiger partial charge in [0.05, 0.1) is 31.8 Å². The van der Waals surface area contributed by atoms with Gasteiger partial charge in [-0.2, -0.15) is 0 Å². The maximum Gasteiger partial charge on any atom is 1.00 e. The predicted octanol–water partition coefficient (Wildman–Crippen LogP) is -48.8. The number of carbonyl (C=O) groups is 2. The number of aliphatic carboxylic acids is 2. The molecule has 0 aliphatic carbocycles. The van der Waals surface area contributed by atoms with Gasteiger partial charge in [0.2, 0.25) is 52.0 Å². The van der Waals surface area contributed by atoms with Crippen molar-refractivity contribution < 1.29 is 518 Å². The first kappa shape index (κ1) is 120. The van der Waals surface area contributed by atoms with Crippen LogP contribution >= 0.6 is 0 Å². The van der Waals surface area contributed by atoms with Crippen molar-refractivity contribution in [2.24, 2.45) is 0 Å². The van der Waals surface area contributed by atoms with Crippen LogP contribution in [0.25, 0.3) is 0 Å². The average Bonchev–Trinajstić information content (AvgIpc) is 0.761. The fraction of sp³-hybridized carbons (Fsp3) is 0.938. The van der Waals surface area contributed by atoms with Crippen molar-refractivity contribution in [1.82, 2.24) is 13.7 Å². The fourth-order valence-corrected chi connectivity index (χ4v) is 12.7. The zero-order valence-electron chi connectivity index (χ0n) is 54.5. The summed E-state index contributed by atoms with van der Waals surface area (Å²) in [5.41, 5.74) is 0. The van der Waals surface area contributed by atoms with Crippen LogP contribution in [0, 0.1) is 0 Å². The molecule has 5 fully saturated rings. The van der Waals surface area contributed by atoms with Crippen molar-refractivity contribution in [1.29, 1.82) is 0 Å². The van der Waals surface area contributed by atoms with E-state index in [0.717, 1.165) is 9.44 Å². The summed E-state index contributed by atoms with van der Waals surface area (Å²) in [5.74, 6) is -5.54. The molecule has 0 saturated carbocycles. The van der Waals surface area contributed by atoms with Crippen molar-refractivity contribution in [2.75, 3.05) is 34.0 Å². The number of ether oxygens (including phenoxy) is 10. The van der Waals surface area contributed by atoms with E-state index in [1.807, 2.05) is 0 Å². The van der Waals surface area contributed by atoms with Crippen LogP contribution in [0.2, 0.25) is 0 Å². The van der Waals surface area contributed by atoms with E-state index in [0.29, 0.717) is 14.2 Å². The normalized spacial score (nSPS) is 34.7. The quantitative estimate of drug-likeness (QED) is 0.0188. The number of rotatable bonds is 30. The number of hydrogen-bond acceptors (Lipinski definition) is 49. The number of carbonyl (C=O) groups excluding carboxylic acids is 2. The summed E-state index contributed by atoms with van der Waals surface area (Å²) in [5, 5.41) is 92.4. The molecule has 5 aliphatic heterocycles. The molecule has 0 unspecified atom stereocenters. The molecule has 70 heteroatoms. The van der Waals surface area contributed by atoms with Crippen LogP contribution in [0.4, 0.5) is 0 Å². The summed E-state index contributed by atoms with van der Waals surface area (Å²) in [4.78, 5) is 25.5. The molecule has 5 heterocycles. The van der Waals surface area contributed by atoms with Gasteiger partial charge in [-0.15, -0.1) is 0 Å². The molecule has 0 aromatic heterocycles. The topological polar surface area (TPSA) is 825 Å². The Balaban J connectivity index is -0.00000230. The van der Waals surface area contributed by atoms with Gasteiger partial charge in [-0.3, -0.25) is 20.9 Å². The number of methoxy groups -OCH3 is 1. The Kier molecular flexibility index (Phi) is 57.8. The molecule has 0 amide bonds. The summed E-state index contributed by atoms with van der Waals surface area (Å²) in [7, 11) is -47.9. The summed E-state index contributed by atoms with van der Waals surface area (Å²) in [6.45, 7) is -5.44. The molecule has 0 bridgehead atoms. The molecule has 0 aromatic carbocycles. The van der Waals surface area contributed by atoms with Gasteiger partial charge in [0.15, 0.2) is 68.5 Å². The second-order valence-electron chi connectivity index (χ2n) is 18.9. The molecular formula is C32H45N3Na10O49S8. The number of nitrogens with zero attached hydrogens (tertiary/aromatic N) is 1. The summed E-state index contributed by atoms with van der Waals surface area (Å²) in [6, 6.07) is -8.55. The van der Waals surface area contributed by atoms with Crippen molar-refractivity contribution in [2.45, 2.75) is 153 Å². The largest absolute Gasteiger partial charge is 1.00 e. The first-order valence-corrected chi connectivity index (χ1v) is 34.6. The first-order valence-electron chi connectivity index (χ1n) is 23.8. The van der Waals surface area contributed by atoms with Gasteiger partial charge in [-0.1, -0.05) is 0 Å². The minimum atomic E-state index is -6.68. The Morgan fingerprint density at radius 1 is 0.382 bits per heavy atom. The van der Waals surface area contributed by atoms with E-state index in [1.165, 1.54) is 0 Å². The Morgan fingerprint density at radius 2 is 0.725 bits per heavy atom. The molecular weight excluding hydrogens is 1700 g/mol. The number of aliphatic hydroxyl groups excluding tert-OH is 6. The van der Waals surface area contributed by atoms with E-state index in [9.17, 15) is 154 Å². The third-order valence-corrected chi connectivity index (χ3v) is 17.1. The summed E-state index contributed by atoms with van der Waals surface area (Å²) in [6.07, 6.45) is -66.5. The van der Waals surface area contributed by atoms with Crippen LogP contribution in [-0.4, -0.2) is 338 Å². The van der Waals surface area contributed by atoms with Gasteiger partial charge in [-0.05, 0) is 0 Å². The van der Waals surface area contributed by atoms with Crippen LogP contribution in [-0.2, 0) is 161 Å². The van der Waals surface area contributed by atoms with Gasteiger partial charge in [0.1, 0.15) is 116 Å². The van der Waals surface area contributed by atoms with Crippen molar-refractivity contribution >= 4 is 94.8 Å². The predicted molar refractivity (Wildman–Crippen MR) is 246 cm³/mol. The molecule has 0 aromatic rings. The van der Waals surface area contributed by atoms with E-state index in [2.05, 4.69) is 20.9 Å². The smallest absolute Gasteiger partial charge is 0.735 e. The Hall–Kier alpha value is 7.26. The maximum absolute atomic E-state index is 12.9. The molecule has 52 nitrogen and oxygen atoms in total. The average molecular weight is 1740 g/mol. The number of hydrogen-bond donors (Lipinski definition) is 8. The van der Waals surface area contributed by atoms with Gasteiger partial charge >= 0.3 is 296 Å². The van der Waals surface area contributed by atoms with Crippen LogP contribution in [0.1, 0.15) is 0 Å². The zero-order valence-corrected chi connectivity index (χ0v) is 81.0. The maximum atomic E-state index is 12.9.